The summed E-state index contributed by atoms with van der Waals surface area (Å²) in [7, 11) is -0.780. The molecule has 10 heteroatoms. The highest BCUT2D eigenvalue weighted by Gasteiger charge is 2.35. The molecule has 0 radical (unpaired) electrons. The lowest BCUT2D eigenvalue weighted by Crippen LogP contribution is -2.21. The van der Waals surface area contributed by atoms with E-state index in [-0.39, 0.29) is 5.56 Å². The van der Waals surface area contributed by atoms with Crippen molar-refractivity contribution in [2.45, 2.75) is 20.9 Å². The number of carbonyl (C=O) groups is 1. The van der Waals surface area contributed by atoms with Crippen LogP contribution in [0.2, 0.25) is 0 Å². The van der Waals surface area contributed by atoms with E-state index in [0.29, 0.717) is 10.6 Å². The Morgan fingerprint density at radius 2 is 1.35 bits per heavy atom. The third kappa shape index (κ3) is 7.53. The predicted octanol–water partition coefficient (Wildman–Crippen LogP) is 9.11. The van der Waals surface area contributed by atoms with Gasteiger partial charge >= 0.3 is 12.1 Å². The number of benzene rings is 4. The van der Waals surface area contributed by atoms with Crippen LogP contribution in [0.15, 0.2) is 106 Å². The van der Waals surface area contributed by atoms with E-state index in [1.807, 2.05) is 66.7 Å². The quantitative estimate of drug-likeness (QED) is 0.106. The van der Waals surface area contributed by atoms with E-state index in [0.717, 1.165) is 26.3 Å². The molecule has 0 aromatic heterocycles. The van der Waals surface area contributed by atoms with Crippen LogP contribution in [0.3, 0.4) is 0 Å². The summed E-state index contributed by atoms with van der Waals surface area (Å²) in [6.45, 7) is -1.64. The number of carbonyl (C=O) groups excluding carboxylic acids is 1. The molecular weight excluding hydrogens is 842 g/mol. The summed E-state index contributed by atoms with van der Waals surface area (Å²) in [5.74, 6) is 0.411. The fourth-order valence-electron chi connectivity index (χ4n) is 3.37. The number of hydrogen-bond donors (Lipinski definition) is 0. The summed E-state index contributed by atoms with van der Waals surface area (Å²) >= 11 is 6.75. The molecule has 1 atom stereocenters. The molecule has 0 N–H and O–H groups in total. The van der Waals surface area contributed by atoms with E-state index in [1.54, 1.807) is 18.2 Å². The number of rotatable bonds is 7. The maximum Gasteiger partial charge on any atom is 0.422 e. The van der Waals surface area contributed by atoms with Crippen molar-refractivity contribution in [1.29, 1.82) is 0 Å². The highest BCUT2D eigenvalue weighted by molar-refractivity contribution is 14.1. The average molecular weight is 859 g/mol. The number of halogens is 6. The minimum atomic E-state index is -4.60. The summed E-state index contributed by atoms with van der Waals surface area (Å²) in [5, 5.41) is 0. The Labute approximate surface area is 255 Å². The maximum absolute atomic E-state index is 12.7. The van der Waals surface area contributed by atoms with Gasteiger partial charge in [0, 0.05) is 3.57 Å². The monoisotopic (exact) mass is 859 g/mol. The zero-order valence-corrected chi connectivity index (χ0v) is 26.1. The number of alkyl halides is 3. The molecular formula is C27H17F3I3O3S+. The van der Waals surface area contributed by atoms with E-state index in [1.165, 1.54) is 6.07 Å². The topological polar surface area (TPSA) is 35.5 Å². The smallest absolute Gasteiger partial charge is 0.422 e. The second kappa shape index (κ2) is 12.6. The van der Waals surface area contributed by atoms with E-state index >= 15 is 0 Å². The van der Waals surface area contributed by atoms with Crippen LogP contribution >= 0.6 is 67.8 Å². The first kappa shape index (κ1) is 28.5. The van der Waals surface area contributed by atoms with Crippen molar-refractivity contribution < 1.29 is 27.4 Å². The van der Waals surface area contributed by atoms with Gasteiger partial charge in [0.25, 0.3) is 0 Å². The third-order valence-corrected chi connectivity index (χ3v) is 9.42. The zero-order valence-electron chi connectivity index (χ0n) is 18.8. The standard InChI is InChI=1S/C27H17F3I3O3S/c28-27(29,30)16-35-26(34)21-8-4-5-9-24(21)37(19-6-2-1-3-7-19)20-12-10-18(11-13-20)36-25-22(32)14-17(31)15-23(25)33/h1-15H,16H2/q+1. The zero-order chi connectivity index (χ0) is 26.6. The van der Waals surface area contributed by atoms with Gasteiger partial charge in [-0.05, 0) is 128 Å². The van der Waals surface area contributed by atoms with Crippen molar-refractivity contribution in [3.63, 3.8) is 0 Å². The molecule has 0 aliphatic rings. The van der Waals surface area contributed by atoms with Crippen molar-refractivity contribution in [1.82, 2.24) is 0 Å². The summed E-state index contributed by atoms with van der Waals surface area (Å²) in [6, 6.07) is 27.7. The molecule has 0 fully saturated rings. The van der Waals surface area contributed by atoms with Gasteiger partial charge in [-0.25, -0.2) is 4.79 Å². The molecule has 0 aliphatic carbocycles. The Bertz CT molecular complexity index is 1370. The van der Waals surface area contributed by atoms with Gasteiger partial charge in [-0.3, -0.25) is 0 Å². The largest absolute Gasteiger partial charge is 0.455 e. The lowest BCUT2D eigenvalue weighted by atomic mass is 10.2. The number of esters is 1. The first-order valence-corrected chi connectivity index (χ1v) is 15.1. The molecule has 190 valence electrons. The summed E-state index contributed by atoms with van der Waals surface area (Å²) in [5.41, 5.74) is 0.0993. The van der Waals surface area contributed by atoms with Crippen LogP contribution in [0.4, 0.5) is 13.2 Å². The molecule has 0 saturated carbocycles. The van der Waals surface area contributed by atoms with Crippen molar-refractivity contribution >= 4 is 84.6 Å². The van der Waals surface area contributed by atoms with Gasteiger partial charge in [-0.2, -0.15) is 13.2 Å². The van der Waals surface area contributed by atoms with Gasteiger partial charge in [0.2, 0.25) is 0 Å². The molecule has 0 saturated heterocycles. The molecule has 0 amide bonds. The lowest BCUT2D eigenvalue weighted by Gasteiger charge is -2.14. The van der Waals surface area contributed by atoms with Crippen molar-refractivity contribution in [2.75, 3.05) is 6.61 Å². The van der Waals surface area contributed by atoms with Crippen LogP contribution in [-0.4, -0.2) is 18.8 Å². The summed E-state index contributed by atoms with van der Waals surface area (Å²) in [6.07, 6.45) is -4.60. The lowest BCUT2D eigenvalue weighted by molar-refractivity contribution is -0.161. The first-order chi connectivity index (χ1) is 17.6. The van der Waals surface area contributed by atoms with Gasteiger partial charge in [-0.1, -0.05) is 30.3 Å². The Morgan fingerprint density at radius 1 is 0.784 bits per heavy atom. The highest BCUT2D eigenvalue weighted by Crippen LogP contribution is 2.37. The Hall–Kier alpha value is -1.52. The Morgan fingerprint density at radius 3 is 1.97 bits per heavy atom. The van der Waals surface area contributed by atoms with Crippen molar-refractivity contribution in [3.05, 3.63) is 107 Å². The third-order valence-electron chi connectivity index (χ3n) is 4.92. The number of hydrogen-bond acceptors (Lipinski definition) is 3. The second-order valence-electron chi connectivity index (χ2n) is 7.58. The number of ether oxygens (including phenoxy) is 2. The van der Waals surface area contributed by atoms with Gasteiger partial charge < -0.3 is 9.47 Å². The summed E-state index contributed by atoms with van der Waals surface area (Å²) < 4.78 is 52.0. The normalized spacial score (nSPS) is 12.2. The molecule has 4 aromatic carbocycles. The van der Waals surface area contributed by atoms with Gasteiger partial charge in [0.1, 0.15) is 22.2 Å². The SMILES string of the molecule is O=C(OCC(F)(F)F)c1ccccc1[S+](c1ccccc1)c1ccc(Oc2c(I)cc(I)cc2I)cc1. The van der Waals surface area contributed by atoms with Crippen LogP contribution in [0.25, 0.3) is 0 Å². The van der Waals surface area contributed by atoms with Crippen LogP contribution < -0.4 is 4.74 Å². The molecule has 0 bridgehead atoms. The van der Waals surface area contributed by atoms with Crippen molar-refractivity contribution in [2.24, 2.45) is 0 Å². The van der Waals surface area contributed by atoms with Crippen LogP contribution in [0.5, 0.6) is 11.5 Å². The van der Waals surface area contributed by atoms with E-state index in [2.05, 4.69) is 72.5 Å². The van der Waals surface area contributed by atoms with Crippen LogP contribution in [0, 0.1) is 10.7 Å². The van der Waals surface area contributed by atoms with Gasteiger partial charge in [0.05, 0.1) is 7.14 Å². The fourth-order valence-corrected chi connectivity index (χ4v) is 9.38. The van der Waals surface area contributed by atoms with Crippen LogP contribution in [-0.2, 0) is 15.6 Å². The van der Waals surface area contributed by atoms with E-state index in [9.17, 15) is 18.0 Å². The molecule has 0 aliphatic heterocycles. The molecule has 4 rings (SSSR count). The fraction of sp³-hybridized carbons (Fsp3) is 0.0741. The second-order valence-corrected chi connectivity index (χ2v) is 13.1. The molecule has 1 unspecified atom stereocenters. The van der Waals surface area contributed by atoms with Crippen molar-refractivity contribution in [3.8, 4) is 11.5 Å². The Balaban J connectivity index is 1.70. The summed E-state index contributed by atoms with van der Waals surface area (Å²) in [4.78, 5) is 15.1. The van der Waals surface area contributed by atoms with Crippen LogP contribution in [0.1, 0.15) is 10.4 Å². The average Bonchev–Trinajstić information content (AvgIpc) is 2.86. The van der Waals surface area contributed by atoms with E-state index < -0.39 is 29.6 Å². The minimum Gasteiger partial charge on any atom is -0.455 e. The molecule has 37 heavy (non-hydrogen) atoms. The first-order valence-electron chi connectivity index (χ1n) is 10.7. The minimum absolute atomic E-state index is 0.0993. The molecule has 0 spiro atoms. The molecule has 3 nitrogen and oxygen atoms in total. The molecule has 0 heterocycles. The molecule has 4 aromatic rings. The van der Waals surface area contributed by atoms with E-state index in [4.69, 9.17) is 4.74 Å². The highest BCUT2D eigenvalue weighted by atomic mass is 127. The van der Waals surface area contributed by atoms with Gasteiger partial charge in [0.15, 0.2) is 27.0 Å². The van der Waals surface area contributed by atoms with Gasteiger partial charge in [-0.15, -0.1) is 0 Å². The maximum atomic E-state index is 12.7. The Kier molecular flexibility index (Phi) is 9.67. The predicted molar refractivity (Wildman–Crippen MR) is 162 cm³/mol.